The minimum absolute atomic E-state index is 0.0563. The van der Waals surface area contributed by atoms with Crippen LogP contribution >= 0.6 is 0 Å². The van der Waals surface area contributed by atoms with Gasteiger partial charge in [-0.3, -0.25) is 0 Å². The third kappa shape index (κ3) is 3.26. The van der Waals surface area contributed by atoms with E-state index in [1.165, 1.54) is 14.2 Å². The molecule has 8 heteroatoms. The van der Waals surface area contributed by atoms with E-state index in [-0.39, 0.29) is 24.7 Å². The second-order valence-electron chi connectivity index (χ2n) is 5.17. The van der Waals surface area contributed by atoms with Gasteiger partial charge in [0.15, 0.2) is 0 Å². The molecule has 0 aromatic carbocycles. The molecule has 0 bridgehead atoms. The second-order valence-corrected chi connectivity index (χ2v) is 5.17. The monoisotopic (exact) mass is 284 g/mol. The maximum atomic E-state index is 9.34. The Hall–Kier alpha value is -1.67. The van der Waals surface area contributed by atoms with Crippen LogP contribution < -0.4 is 14.4 Å². The van der Waals surface area contributed by atoms with E-state index < -0.39 is 5.60 Å². The first-order chi connectivity index (χ1) is 9.47. The fraction of sp³-hybridized carbons (Fsp3) is 0.750. The highest BCUT2D eigenvalue weighted by Gasteiger charge is 2.34. The van der Waals surface area contributed by atoms with Gasteiger partial charge in [-0.25, -0.2) is 0 Å². The van der Waals surface area contributed by atoms with E-state index in [0.29, 0.717) is 19.0 Å². The standard InChI is InChI=1S/C12H20N4O4/c1-12(2)7-16(5-8(6-17)20-12)9-13-10(18-3)15-11(14-9)19-4/h8,17H,5-7H2,1-4H3. The number of anilines is 1. The van der Waals surface area contributed by atoms with Gasteiger partial charge in [-0.05, 0) is 13.8 Å². The highest BCUT2D eigenvalue weighted by atomic mass is 16.5. The summed E-state index contributed by atoms with van der Waals surface area (Å²) in [6, 6.07) is 0.383. The molecule has 0 aliphatic carbocycles. The predicted octanol–water partition coefficient (Wildman–Crippen LogP) is -0.135. The van der Waals surface area contributed by atoms with Gasteiger partial charge in [-0.1, -0.05) is 0 Å². The lowest BCUT2D eigenvalue weighted by molar-refractivity contribution is -0.101. The first kappa shape index (κ1) is 14.7. The Morgan fingerprint density at radius 1 is 1.25 bits per heavy atom. The van der Waals surface area contributed by atoms with Crippen LogP contribution in [-0.2, 0) is 4.74 Å². The van der Waals surface area contributed by atoms with E-state index in [0.717, 1.165) is 0 Å². The number of aromatic nitrogens is 3. The average molecular weight is 284 g/mol. The molecule has 0 saturated carbocycles. The first-order valence-electron chi connectivity index (χ1n) is 6.35. The van der Waals surface area contributed by atoms with Crippen molar-refractivity contribution in [1.29, 1.82) is 0 Å². The van der Waals surface area contributed by atoms with Crippen LogP contribution in [-0.4, -0.2) is 65.7 Å². The van der Waals surface area contributed by atoms with Crippen LogP contribution in [0.5, 0.6) is 12.0 Å². The van der Waals surface area contributed by atoms with Gasteiger partial charge in [0.25, 0.3) is 0 Å². The van der Waals surface area contributed by atoms with Crippen LogP contribution in [0.1, 0.15) is 13.8 Å². The van der Waals surface area contributed by atoms with Crippen molar-refractivity contribution in [2.24, 2.45) is 0 Å². The largest absolute Gasteiger partial charge is 0.467 e. The van der Waals surface area contributed by atoms with E-state index in [1.807, 2.05) is 18.7 Å². The Morgan fingerprint density at radius 2 is 1.85 bits per heavy atom. The minimum atomic E-state index is -0.404. The molecule has 1 fully saturated rings. The van der Waals surface area contributed by atoms with Crippen LogP contribution in [0, 0.1) is 0 Å². The van der Waals surface area contributed by atoms with Gasteiger partial charge in [0, 0.05) is 13.1 Å². The molecule has 0 spiro atoms. The highest BCUT2D eigenvalue weighted by Crippen LogP contribution is 2.25. The quantitative estimate of drug-likeness (QED) is 0.817. The summed E-state index contributed by atoms with van der Waals surface area (Å²) >= 11 is 0. The Kier molecular flexibility index (Phi) is 4.24. The van der Waals surface area contributed by atoms with Crippen molar-refractivity contribution in [3.05, 3.63) is 0 Å². The maximum Gasteiger partial charge on any atom is 0.324 e. The van der Waals surface area contributed by atoms with E-state index in [1.54, 1.807) is 0 Å². The molecular weight excluding hydrogens is 264 g/mol. The van der Waals surface area contributed by atoms with E-state index in [9.17, 15) is 5.11 Å². The third-order valence-electron chi connectivity index (χ3n) is 2.92. The number of hydrogen-bond acceptors (Lipinski definition) is 8. The molecule has 1 aliphatic rings. The first-order valence-corrected chi connectivity index (χ1v) is 6.35. The molecule has 112 valence electrons. The number of aliphatic hydroxyl groups is 1. The summed E-state index contributed by atoms with van der Waals surface area (Å²) in [5, 5.41) is 9.34. The second kappa shape index (κ2) is 5.76. The van der Waals surface area contributed by atoms with Crippen molar-refractivity contribution in [2.75, 3.05) is 38.8 Å². The van der Waals surface area contributed by atoms with Gasteiger partial charge >= 0.3 is 12.0 Å². The van der Waals surface area contributed by atoms with Gasteiger partial charge in [-0.2, -0.15) is 9.97 Å². The molecule has 1 aromatic rings. The topological polar surface area (TPSA) is 89.8 Å². The van der Waals surface area contributed by atoms with Gasteiger partial charge < -0.3 is 24.2 Å². The number of ether oxygens (including phenoxy) is 3. The van der Waals surface area contributed by atoms with Crippen molar-refractivity contribution in [1.82, 2.24) is 15.0 Å². The molecule has 20 heavy (non-hydrogen) atoms. The molecule has 1 aliphatic heterocycles. The lowest BCUT2D eigenvalue weighted by Crippen LogP contribution is -2.54. The Balaban J connectivity index is 2.29. The number of aliphatic hydroxyl groups excluding tert-OH is 1. The number of methoxy groups -OCH3 is 2. The third-order valence-corrected chi connectivity index (χ3v) is 2.92. The molecule has 1 aromatic heterocycles. The average Bonchev–Trinajstić information content (AvgIpc) is 2.44. The molecule has 1 unspecified atom stereocenters. The van der Waals surface area contributed by atoms with Crippen LogP contribution in [0.4, 0.5) is 5.95 Å². The van der Waals surface area contributed by atoms with Crippen molar-refractivity contribution in [3.63, 3.8) is 0 Å². The molecule has 0 amide bonds. The van der Waals surface area contributed by atoms with Crippen LogP contribution in [0.15, 0.2) is 0 Å². The Bertz CT molecular complexity index is 447. The summed E-state index contributed by atoms with van der Waals surface area (Å²) < 4.78 is 15.9. The molecule has 1 N–H and O–H groups in total. The normalized spacial score (nSPS) is 21.6. The minimum Gasteiger partial charge on any atom is -0.467 e. The highest BCUT2D eigenvalue weighted by molar-refractivity contribution is 5.34. The van der Waals surface area contributed by atoms with Gasteiger partial charge in [0.2, 0.25) is 5.95 Å². The molecule has 8 nitrogen and oxygen atoms in total. The van der Waals surface area contributed by atoms with Crippen molar-refractivity contribution < 1.29 is 19.3 Å². The zero-order chi connectivity index (χ0) is 14.8. The van der Waals surface area contributed by atoms with E-state index in [4.69, 9.17) is 14.2 Å². The lowest BCUT2D eigenvalue weighted by atomic mass is 10.1. The zero-order valence-electron chi connectivity index (χ0n) is 12.2. The fourth-order valence-electron chi connectivity index (χ4n) is 2.19. The van der Waals surface area contributed by atoms with Gasteiger partial charge in [0.1, 0.15) is 0 Å². The molecule has 1 saturated heterocycles. The molecule has 0 radical (unpaired) electrons. The zero-order valence-corrected chi connectivity index (χ0v) is 12.2. The van der Waals surface area contributed by atoms with Gasteiger partial charge in [0.05, 0.1) is 32.5 Å². The molecule has 2 rings (SSSR count). The number of nitrogens with zero attached hydrogens (tertiary/aromatic N) is 4. The van der Waals surface area contributed by atoms with E-state index in [2.05, 4.69) is 15.0 Å². The van der Waals surface area contributed by atoms with Crippen molar-refractivity contribution in [2.45, 2.75) is 25.6 Å². The lowest BCUT2D eigenvalue weighted by Gasteiger charge is -2.42. The van der Waals surface area contributed by atoms with E-state index >= 15 is 0 Å². The SMILES string of the molecule is COc1nc(OC)nc(N2CC(CO)OC(C)(C)C2)n1. The summed E-state index contributed by atoms with van der Waals surface area (Å²) in [5.41, 5.74) is -0.404. The van der Waals surface area contributed by atoms with Crippen molar-refractivity contribution in [3.8, 4) is 12.0 Å². The molecule has 1 atom stereocenters. The Morgan fingerprint density at radius 3 is 2.35 bits per heavy atom. The van der Waals surface area contributed by atoms with Crippen LogP contribution in [0.2, 0.25) is 0 Å². The van der Waals surface area contributed by atoms with Crippen LogP contribution in [0.3, 0.4) is 0 Å². The fourth-order valence-corrected chi connectivity index (χ4v) is 2.19. The summed E-state index contributed by atoms with van der Waals surface area (Å²) in [7, 11) is 2.97. The summed E-state index contributed by atoms with van der Waals surface area (Å²) in [6.07, 6.45) is -0.285. The number of hydrogen-bond donors (Lipinski definition) is 1. The predicted molar refractivity (Wildman–Crippen MR) is 71.2 cm³/mol. The smallest absolute Gasteiger partial charge is 0.324 e. The van der Waals surface area contributed by atoms with Crippen molar-refractivity contribution >= 4 is 5.95 Å². The molecule has 2 heterocycles. The number of rotatable bonds is 4. The summed E-state index contributed by atoms with van der Waals surface area (Å²) in [5.74, 6) is 0.448. The summed E-state index contributed by atoms with van der Waals surface area (Å²) in [4.78, 5) is 14.3. The maximum absolute atomic E-state index is 9.34. The van der Waals surface area contributed by atoms with Gasteiger partial charge in [-0.15, -0.1) is 4.98 Å². The number of morpholine rings is 1. The van der Waals surface area contributed by atoms with Crippen LogP contribution in [0.25, 0.3) is 0 Å². The Labute approximate surface area is 117 Å². The summed E-state index contributed by atoms with van der Waals surface area (Å²) in [6.45, 7) is 4.95. The molecular formula is C12H20N4O4.